The van der Waals surface area contributed by atoms with Crippen molar-refractivity contribution in [1.82, 2.24) is 10.3 Å². The Hall–Kier alpha value is -1.33. The van der Waals surface area contributed by atoms with Gasteiger partial charge in [-0.1, -0.05) is 25.4 Å². The summed E-state index contributed by atoms with van der Waals surface area (Å²) in [5, 5.41) is 3.20. The summed E-state index contributed by atoms with van der Waals surface area (Å²) < 4.78 is 5.91. The van der Waals surface area contributed by atoms with Crippen LogP contribution in [0.25, 0.3) is 0 Å². The highest BCUT2D eigenvalue weighted by molar-refractivity contribution is 6.32. The first-order chi connectivity index (χ1) is 9.99. The quantitative estimate of drug-likeness (QED) is 0.838. The van der Waals surface area contributed by atoms with Crippen LogP contribution in [0.2, 0.25) is 5.15 Å². The van der Waals surface area contributed by atoms with Crippen molar-refractivity contribution in [3.05, 3.63) is 23.0 Å². The number of nitrogens with zero attached hydrogens (tertiary/aromatic N) is 1. The predicted octanol–water partition coefficient (Wildman–Crippen LogP) is 2.78. The maximum atomic E-state index is 12.3. The number of halogens is 1. The summed E-state index contributed by atoms with van der Waals surface area (Å²) in [4.78, 5) is 16.3. The van der Waals surface area contributed by atoms with Crippen LogP contribution in [0.5, 0.6) is 0 Å². The maximum Gasteiger partial charge on any atom is 0.254 e. The monoisotopic (exact) mass is 311 g/mol. The Balaban J connectivity index is 2.07. The van der Waals surface area contributed by atoms with Gasteiger partial charge < -0.3 is 15.8 Å². The molecule has 3 N–H and O–H groups in total. The second-order valence-electron chi connectivity index (χ2n) is 5.51. The number of hydrogen-bond acceptors (Lipinski definition) is 4. The molecule has 1 aromatic heterocycles. The summed E-state index contributed by atoms with van der Waals surface area (Å²) in [6.07, 6.45) is 4.94. The lowest BCUT2D eigenvalue weighted by molar-refractivity contribution is -0.0917. The number of carbonyl (C=O) groups is 1. The minimum absolute atomic E-state index is 0.0867. The number of nitrogens with two attached hydrogens (primary N) is 1. The summed E-state index contributed by atoms with van der Waals surface area (Å²) in [5.41, 5.74) is 6.28. The third-order valence-electron chi connectivity index (χ3n) is 4.22. The highest BCUT2D eigenvalue weighted by atomic mass is 35.5. The molecule has 0 aromatic carbocycles. The van der Waals surface area contributed by atoms with Crippen LogP contribution >= 0.6 is 11.6 Å². The van der Waals surface area contributed by atoms with Crippen molar-refractivity contribution >= 4 is 23.2 Å². The lowest BCUT2D eigenvalue weighted by Gasteiger charge is -2.40. The summed E-state index contributed by atoms with van der Waals surface area (Å²) in [6, 6.07) is 1.64. The molecule has 0 aliphatic carbocycles. The van der Waals surface area contributed by atoms with Crippen molar-refractivity contribution in [3.63, 3.8) is 0 Å². The molecule has 1 amide bonds. The number of amides is 1. The minimum Gasteiger partial charge on any atom is -0.397 e. The molecule has 0 saturated carbocycles. The molecule has 0 bridgehead atoms. The summed E-state index contributed by atoms with van der Waals surface area (Å²) in [7, 11) is 0. The van der Waals surface area contributed by atoms with Crippen LogP contribution < -0.4 is 11.1 Å². The van der Waals surface area contributed by atoms with Gasteiger partial charge in [0.25, 0.3) is 5.91 Å². The van der Waals surface area contributed by atoms with Gasteiger partial charge >= 0.3 is 0 Å². The molecule has 116 valence electrons. The molecular formula is C15H22ClN3O2. The van der Waals surface area contributed by atoms with Gasteiger partial charge in [0.15, 0.2) is 0 Å². The number of nitrogen functional groups attached to an aromatic ring is 1. The van der Waals surface area contributed by atoms with E-state index in [0.717, 1.165) is 25.7 Å². The first-order valence-electron chi connectivity index (χ1n) is 7.35. The molecule has 1 saturated heterocycles. The Morgan fingerprint density at radius 1 is 1.57 bits per heavy atom. The van der Waals surface area contributed by atoms with E-state index in [-0.39, 0.29) is 22.7 Å². The fraction of sp³-hybridized carbons (Fsp3) is 0.600. The zero-order valence-corrected chi connectivity index (χ0v) is 13.2. The number of hydrogen-bond donors (Lipinski definition) is 2. The Kier molecular flexibility index (Phi) is 5.06. The Labute approximate surface area is 130 Å². The van der Waals surface area contributed by atoms with Crippen LogP contribution in [0, 0.1) is 0 Å². The van der Waals surface area contributed by atoms with Gasteiger partial charge in [-0.05, 0) is 31.7 Å². The Morgan fingerprint density at radius 3 is 2.95 bits per heavy atom. The third kappa shape index (κ3) is 3.66. The summed E-state index contributed by atoms with van der Waals surface area (Å²) in [6.45, 7) is 4.90. The molecule has 5 nitrogen and oxygen atoms in total. The second kappa shape index (κ2) is 6.62. The Bertz CT molecular complexity index is 518. The number of rotatable bonds is 4. The molecule has 0 spiro atoms. The average Bonchev–Trinajstić information content (AvgIpc) is 2.49. The van der Waals surface area contributed by atoms with E-state index in [9.17, 15) is 4.79 Å². The molecule has 0 radical (unpaired) electrons. The third-order valence-corrected chi connectivity index (χ3v) is 4.52. The normalized spacial score (nSPS) is 21.0. The van der Waals surface area contributed by atoms with Crippen molar-refractivity contribution < 1.29 is 9.53 Å². The van der Waals surface area contributed by atoms with E-state index in [1.54, 1.807) is 6.07 Å². The van der Waals surface area contributed by atoms with Gasteiger partial charge in [-0.3, -0.25) is 4.79 Å². The van der Waals surface area contributed by atoms with Gasteiger partial charge in [-0.15, -0.1) is 0 Å². The largest absolute Gasteiger partial charge is 0.397 e. The molecular weight excluding hydrogens is 290 g/mol. The molecule has 21 heavy (non-hydrogen) atoms. The fourth-order valence-corrected chi connectivity index (χ4v) is 2.97. The first kappa shape index (κ1) is 16.0. The van der Waals surface area contributed by atoms with E-state index in [2.05, 4.69) is 24.1 Å². The molecule has 1 aliphatic rings. The van der Waals surface area contributed by atoms with Gasteiger partial charge in [0.2, 0.25) is 0 Å². The molecule has 1 aromatic rings. The topological polar surface area (TPSA) is 77.2 Å². The molecule has 6 heteroatoms. The van der Waals surface area contributed by atoms with Gasteiger partial charge in [-0.25, -0.2) is 4.98 Å². The Morgan fingerprint density at radius 2 is 2.29 bits per heavy atom. The lowest BCUT2D eigenvalue weighted by atomic mass is 9.86. The highest BCUT2D eigenvalue weighted by Gasteiger charge is 2.35. The van der Waals surface area contributed by atoms with E-state index < -0.39 is 0 Å². The highest BCUT2D eigenvalue weighted by Crippen LogP contribution is 2.31. The van der Waals surface area contributed by atoms with Gasteiger partial charge in [0.05, 0.1) is 23.0 Å². The predicted molar refractivity (Wildman–Crippen MR) is 83.4 cm³/mol. The standard InChI is InChI=1S/C15H22ClN3O2/c1-3-15(4-2)8-11(5-6-21-15)19-14(20)12-7-10(17)9-18-13(12)16/h7,9,11H,3-6,8,17H2,1-2H3,(H,19,20). The molecule has 2 heterocycles. The van der Waals surface area contributed by atoms with E-state index >= 15 is 0 Å². The van der Waals surface area contributed by atoms with Gasteiger partial charge in [0, 0.05) is 12.6 Å². The number of nitrogens with one attached hydrogen (secondary N) is 1. The zero-order valence-electron chi connectivity index (χ0n) is 12.5. The summed E-state index contributed by atoms with van der Waals surface area (Å²) in [5.74, 6) is -0.229. The lowest BCUT2D eigenvalue weighted by Crippen LogP contribution is -2.48. The number of anilines is 1. The van der Waals surface area contributed by atoms with Crippen LogP contribution in [0.1, 0.15) is 49.9 Å². The van der Waals surface area contributed by atoms with Crippen molar-refractivity contribution in [2.75, 3.05) is 12.3 Å². The maximum absolute atomic E-state index is 12.3. The van der Waals surface area contributed by atoms with Crippen LogP contribution in [-0.4, -0.2) is 29.1 Å². The van der Waals surface area contributed by atoms with Crippen LogP contribution in [0.15, 0.2) is 12.3 Å². The van der Waals surface area contributed by atoms with E-state index in [1.165, 1.54) is 6.20 Å². The minimum atomic E-state index is -0.229. The number of pyridine rings is 1. The van der Waals surface area contributed by atoms with Gasteiger partial charge in [-0.2, -0.15) is 0 Å². The van der Waals surface area contributed by atoms with Crippen molar-refractivity contribution in [3.8, 4) is 0 Å². The first-order valence-corrected chi connectivity index (χ1v) is 7.73. The molecule has 1 aliphatic heterocycles. The van der Waals surface area contributed by atoms with Crippen LogP contribution in [-0.2, 0) is 4.74 Å². The van der Waals surface area contributed by atoms with Crippen LogP contribution in [0.4, 0.5) is 5.69 Å². The van der Waals surface area contributed by atoms with Gasteiger partial charge in [0.1, 0.15) is 5.15 Å². The second-order valence-corrected chi connectivity index (χ2v) is 5.87. The summed E-state index contributed by atoms with van der Waals surface area (Å²) >= 11 is 5.97. The van der Waals surface area contributed by atoms with Crippen molar-refractivity contribution in [2.24, 2.45) is 0 Å². The zero-order chi connectivity index (χ0) is 15.5. The molecule has 2 rings (SSSR count). The van der Waals surface area contributed by atoms with Crippen molar-refractivity contribution in [2.45, 2.75) is 51.2 Å². The fourth-order valence-electron chi connectivity index (χ4n) is 2.78. The van der Waals surface area contributed by atoms with E-state index in [0.29, 0.717) is 17.9 Å². The van der Waals surface area contributed by atoms with E-state index in [4.69, 9.17) is 22.1 Å². The number of carbonyl (C=O) groups excluding carboxylic acids is 1. The smallest absolute Gasteiger partial charge is 0.254 e. The molecule has 1 atom stereocenters. The SMILES string of the molecule is CCC1(CC)CC(NC(=O)c2cc(N)cnc2Cl)CCO1. The van der Waals surface area contributed by atoms with Crippen molar-refractivity contribution in [1.29, 1.82) is 0 Å². The average molecular weight is 312 g/mol. The number of aromatic nitrogens is 1. The molecule has 1 fully saturated rings. The number of ether oxygens (including phenoxy) is 1. The van der Waals surface area contributed by atoms with Crippen LogP contribution in [0.3, 0.4) is 0 Å². The van der Waals surface area contributed by atoms with E-state index in [1.807, 2.05) is 0 Å². The molecule has 1 unspecified atom stereocenters.